The zero-order valence-electron chi connectivity index (χ0n) is 33.5. The van der Waals surface area contributed by atoms with E-state index in [-0.39, 0.29) is 30.8 Å². The van der Waals surface area contributed by atoms with Gasteiger partial charge in [-0.2, -0.15) is 0 Å². The number of esters is 2. The highest BCUT2D eigenvalue weighted by Gasteiger charge is 2.52. The third kappa shape index (κ3) is 10.3. The minimum atomic E-state index is -1.77. The molecule has 4 N–H and O–H groups in total. The highest BCUT2D eigenvalue weighted by atomic mass is 16.7. The molecular formula is C38H67NO13. The van der Waals surface area contributed by atoms with E-state index in [1.165, 1.54) is 20.8 Å². The molecule has 3 fully saturated rings. The van der Waals surface area contributed by atoms with Gasteiger partial charge in [-0.05, 0) is 68.0 Å². The largest absolute Gasteiger partial charge is 0.462 e. The predicted molar refractivity (Wildman–Crippen MR) is 190 cm³/mol. The summed E-state index contributed by atoms with van der Waals surface area (Å²) < 4.78 is 36.9. The van der Waals surface area contributed by atoms with Crippen molar-refractivity contribution in [1.82, 2.24) is 4.90 Å². The van der Waals surface area contributed by atoms with Gasteiger partial charge in [0.2, 0.25) is 0 Å². The van der Waals surface area contributed by atoms with Crippen molar-refractivity contribution in [3.05, 3.63) is 0 Å². The van der Waals surface area contributed by atoms with Crippen molar-refractivity contribution in [2.75, 3.05) is 14.1 Å². The zero-order valence-corrected chi connectivity index (χ0v) is 33.5. The topological polar surface area (TPSA) is 191 Å². The molecule has 0 bridgehead atoms. The van der Waals surface area contributed by atoms with Crippen LogP contribution in [-0.2, 0) is 42.8 Å². The van der Waals surface area contributed by atoms with Gasteiger partial charge in [-0.25, -0.2) is 0 Å². The molecule has 0 aliphatic carbocycles. The summed E-state index contributed by atoms with van der Waals surface area (Å²) in [4.78, 5) is 41.6. The number of Topliss-reactive ketones (excluding diaryl/α,β-unsaturated/α-hetero) is 1. The van der Waals surface area contributed by atoms with Crippen LogP contribution in [0.2, 0.25) is 0 Å². The number of cyclic esters (lactones) is 1. The van der Waals surface area contributed by atoms with E-state index < -0.39 is 108 Å². The lowest BCUT2D eigenvalue weighted by Gasteiger charge is -2.48. The van der Waals surface area contributed by atoms with Crippen molar-refractivity contribution >= 4 is 17.7 Å². The molecular weight excluding hydrogens is 678 g/mol. The van der Waals surface area contributed by atoms with Gasteiger partial charge in [-0.3, -0.25) is 14.4 Å². The predicted octanol–water partition coefficient (Wildman–Crippen LogP) is 2.59. The standard InChI is InChI=1S/C38H67NO13/c1-14-27-20(4)30(42)21(5)29(41)18(2)16-37(10,45)33(52-36-31(43)26(39(12)13)15-19(3)47-36)22(6)32(23(7)35(44)50-27)51-28-17-38(11,46)34(24(8)48-28)49-25(9)40/h18-24,26-28,30-34,36,42-43,45-46H,14-17H2,1-13H3/t18-,19?,20+,21+,22+,23-,24?,26?,27-,28?,30+,31?,32+,33-,34?,36?,37-,38?/m1/s1. The van der Waals surface area contributed by atoms with Crippen LogP contribution in [0.1, 0.15) is 102 Å². The molecule has 0 radical (unpaired) electrons. The van der Waals surface area contributed by atoms with E-state index in [9.17, 15) is 34.8 Å². The van der Waals surface area contributed by atoms with E-state index in [2.05, 4.69) is 0 Å². The number of hydrogen-bond donors (Lipinski definition) is 4. The van der Waals surface area contributed by atoms with Crippen molar-refractivity contribution in [1.29, 1.82) is 0 Å². The second-order valence-corrected chi connectivity index (χ2v) is 16.6. The van der Waals surface area contributed by atoms with E-state index >= 15 is 0 Å². The van der Waals surface area contributed by atoms with Crippen molar-refractivity contribution in [3.8, 4) is 0 Å². The van der Waals surface area contributed by atoms with Gasteiger partial charge in [0.25, 0.3) is 0 Å². The van der Waals surface area contributed by atoms with Crippen LogP contribution in [0.5, 0.6) is 0 Å². The summed E-state index contributed by atoms with van der Waals surface area (Å²) in [5.74, 6) is -5.47. The van der Waals surface area contributed by atoms with Gasteiger partial charge in [-0.1, -0.05) is 34.6 Å². The lowest BCUT2D eigenvalue weighted by molar-refractivity contribution is -0.317. The van der Waals surface area contributed by atoms with Crippen LogP contribution in [0.4, 0.5) is 0 Å². The average Bonchev–Trinajstić information content (AvgIpc) is 3.04. The number of nitrogens with zero attached hydrogens (tertiary/aromatic N) is 1. The van der Waals surface area contributed by atoms with Crippen molar-refractivity contribution in [2.24, 2.45) is 29.6 Å². The molecule has 302 valence electrons. The molecule has 0 amide bonds. The van der Waals surface area contributed by atoms with Gasteiger partial charge in [-0.15, -0.1) is 0 Å². The molecule has 0 aromatic rings. The molecule has 14 nitrogen and oxygen atoms in total. The highest BCUT2D eigenvalue weighted by molar-refractivity contribution is 5.83. The third-order valence-electron chi connectivity index (χ3n) is 11.6. The summed E-state index contributed by atoms with van der Waals surface area (Å²) in [5.41, 5.74) is -3.33. The lowest BCUT2D eigenvalue weighted by Crippen LogP contribution is -2.60. The van der Waals surface area contributed by atoms with Crippen LogP contribution < -0.4 is 0 Å². The number of aliphatic hydroxyl groups excluding tert-OH is 2. The Morgan fingerprint density at radius 1 is 0.865 bits per heavy atom. The van der Waals surface area contributed by atoms with E-state index in [1.54, 1.807) is 41.5 Å². The normalized spacial score (nSPS) is 47.4. The molecule has 18 atom stereocenters. The summed E-state index contributed by atoms with van der Waals surface area (Å²) in [5, 5.41) is 46.6. The highest BCUT2D eigenvalue weighted by Crippen LogP contribution is 2.40. The van der Waals surface area contributed by atoms with Gasteiger partial charge in [0.15, 0.2) is 18.7 Å². The third-order valence-corrected chi connectivity index (χ3v) is 11.6. The van der Waals surface area contributed by atoms with Gasteiger partial charge >= 0.3 is 11.9 Å². The Morgan fingerprint density at radius 3 is 2.00 bits per heavy atom. The number of aliphatic hydroxyl groups is 4. The van der Waals surface area contributed by atoms with Crippen LogP contribution in [0, 0.1) is 29.6 Å². The number of hydrogen-bond acceptors (Lipinski definition) is 14. The number of rotatable bonds is 7. The second kappa shape index (κ2) is 17.8. The fourth-order valence-electron chi connectivity index (χ4n) is 8.56. The fraction of sp³-hybridized carbons (Fsp3) is 0.921. The number of carbonyl (C=O) groups excluding carboxylic acids is 3. The Hall–Kier alpha value is -1.75. The Labute approximate surface area is 309 Å². The summed E-state index contributed by atoms with van der Waals surface area (Å²) in [6, 6.07) is -0.325. The summed E-state index contributed by atoms with van der Waals surface area (Å²) in [6.45, 7) is 18.1. The average molecular weight is 746 g/mol. The molecule has 0 aromatic heterocycles. The van der Waals surface area contributed by atoms with Crippen molar-refractivity contribution < 1.29 is 63.2 Å². The van der Waals surface area contributed by atoms with Crippen LogP contribution in [0.3, 0.4) is 0 Å². The molecule has 0 aromatic carbocycles. The van der Waals surface area contributed by atoms with Crippen molar-refractivity contribution in [2.45, 2.75) is 181 Å². The Kier molecular flexibility index (Phi) is 15.3. The first-order valence-corrected chi connectivity index (χ1v) is 18.9. The van der Waals surface area contributed by atoms with E-state index in [0.717, 1.165) is 0 Å². The molecule has 3 rings (SSSR count). The molecule has 0 saturated carbocycles. The molecule has 52 heavy (non-hydrogen) atoms. The van der Waals surface area contributed by atoms with E-state index in [0.29, 0.717) is 12.8 Å². The van der Waals surface area contributed by atoms with Gasteiger partial charge in [0.1, 0.15) is 23.6 Å². The van der Waals surface area contributed by atoms with E-state index in [4.69, 9.17) is 28.4 Å². The maximum atomic E-state index is 14.1. The molecule has 3 aliphatic heterocycles. The van der Waals surface area contributed by atoms with E-state index in [1.807, 2.05) is 32.8 Å². The molecule has 3 aliphatic rings. The summed E-state index contributed by atoms with van der Waals surface area (Å²) >= 11 is 0. The first kappa shape index (κ1) is 44.6. The Balaban J connectivity index is 2.15. The molecule has 8 unspecified atom stereocenters. The van der Waals surface area contributed by atoms with Crippen LogP contribution in [0.15, 0.2) is 0 Å². The monoisotopic (exact) mass is 745 g/mol. The molecule has 3 saturated heterocycles. The molecule has 3 heterocycles. The van der Waals surface area contributed by atoms with Crippen LogP contribution in [0.25, 0.3) is 0 Å². The Bertz CT molecular complexity index is 1210. The lowest BCUT2D eigenvalue weighted by atomic mass is 9.74. The van der Waals surface area contributed by atoms with Crippen LogP contribution >= 0.6 is 0 Å². The minimum absolute atomic E-state index is 0.0831. The summed E-state index contributed by atoms with van der Waals surface area (Å²) in [7, 11) is 3.69. The van der Waals surface area contributed by atoms with Crippen molar-refractivity contribution in [3.63, 3.8) is 0 Å². The number of carbonyl (C=O) groups is 3. The molecule has 14 heteroatoms. The second-order valence-electron chi connectivity index (χ2n) is 16.6. The first-order valence-electron chi connectivity index (χ1n) is 18.9. The SMILES string of the molecule is CC[C@H]1OC(=O)[C@H](C)[C@@H](OC2CC(C)(O)C(OC(C)=O)C(C)O2)[C@H](C)[C@@H](OC2OC(C)CC(N(C)C)C2O)[C@](C)(O)C[C@@H](C)C(=O)[C@H](C)[C@@H](O)[C@H]1C. The van der Waals surface area contributed by atoms with Gasteiger partial charge in [0, 0.05) is 43.1 Å². The first-order chi connectivity index (χ1) is 23.9. The van der Waals surface area contributed by atoms with Gasteiger partial charge < -0.3 is 53.7 Å². The smallest absolute Gasteiger partial charge is 0.311 e. The van der Waals surface area contributed by atoms with Gasteiger partial charge in [0.05, 0.1) is 42.0 Å². The minimum Gasteiger partial charge on any atom is -0.462 e. The molecule has 0 spiro atoms. The summed E-state index contributed by atoms with van der Waals surface area (Å²) in [6.07, 6.45) is -8.92. The number of ketones is 1. The fourth-order valence-corrected chi connectivity index (χ4v) is 8.56. The zero-order chi connectivity index (χ0) is 39.6. The maximum absolute atomic E-state index is 14.1. The maximum Gasteiger partial charge on any atom is 0.311 e. The van der Waals surface area contributed by atoms with Crippen LogP contribution in [-0.4, -0.2) is 136 Å². The number of ether oxygens (including phenoxy) is 6. The number of likely N-dealkylation sites (N-methyl/N-ethyl adjacent to an activating group) is 1. The quantitative estimate of drug-likeness (QED) is 0.278. The Morgan fingerprint density at radius 2 is 1.46 bits per heavy atom.